The van der Waals surface area contributed by atoms with Gasteiger partial charge in [-0.1, -0.05) is 36.4 Å². The lowest BCUT2D eigenvalue weighted by Crippen LogP contribution is -2.02. The Kier molecular flexibility index (Phi) is 3.63. The van der Waals surface area contributed by atoms with E-state index in [-0.39, 0.29) is 6.42 Å². The second-order valence-electron chi connectivity index (χ2n) is 3.96. The lowest BCUT2D eigenvalue weighted by Gasteiger charge is -2.09. The molecule has 0 aromatic heterocycles. The Morgan fingerprint density at radius 2 is 1.83 bits per heavy atom. The molecule has 0 heterocycles. The van der Waals surface area contributed by atoms with Gasteiger partial charge in [0.25, 0.3) is 0 Å². The number of methoxy groups -OCH3 is 1. The molecular formula is C15H14O3. The zero-order valence-corrected chi connectivity index (χ0v) is 10.1. The molecule has 3 heteroatoms. The molecule has 0 amide bonds. The molecule has 1 N–H and O–H groups in total. The first kappa shape index (κ1) is 12.2. The molecule has 18 heavy (non-hydrogen) atoms. The van der Waals surface area contributed by atoms with Crippen LogP contribution in [0.2, 0.25) is 0 Å². The number of carboxylic acids is 1. The molecule has 3 nitrogen and oxygen atoms in total. The largest absolute Gasteiger partial charge is 0.496 e. The highest BCUT2D eigenvalue weighted by Gasteiger charge is 2.09. The number of benzene rings is 2. The van der Waals surface area contributed by atoms with Crippen LogP contribution >= 0.6 is 0 Å². The average molecular weight is 242 g/mol. The summed E-state index contributed by atoms with van der Waals surface area (Å²) in [7, 11) is 1.54. The van der Waals surface area contributed by atoms with E-state index in [1.807, 2.05) is 42.5 Å². The van der Waals surface area contributed by atoms with Crippen LogP contribution < -0.4 is 4.74 Å². The van der Waals surface area contributed by atoms with Gasteiger partial charge in [-0.05, 0) is 23.3 Å². The first-order chi connectivity index (χ1) is 8.70. The molecule has 0 radical (unpaired) electrons. The molecule has 0 saturated heterocycles. The molecule has 0 atom stereocenters. The zero-order valence-electron chi connectivity index (χ0n) is 10.1. The molecule has 0 aliphatic heterocycles. The third-order valence-electron chi connectivity index (χ3n) is 2.73. The molecule has 0 saturated carbocycles. The highest BCUT2D eigenvalue weighted by atomic mass is 16.5. The molecule has 0 unspecified atom stereocenters. The number of rotatable bonds is 4. The summed E-state index contributed by atoms with van der Waals surface area (Å²) in [5.41, 5.74) is 2.74. The Bertz CT molecular complexity index is 547. The second-order valence-corrected chi connectivity index (χ2v) is 3.96. The van der Waals surface area contributed by atoms with Crippen molar-refractivity contribution in [2.24, 2.45) is 0 Å². The van der Waals surface area contributed by atoms with Crippen LogP contribution in [-0.2, 0) is 11.2 Å². The number of hydrogen-bond donors (Lipinski definition) is 1. The van der Waals surface area contributed by atoms with Crippen LogP contribution in [0.5, 0.6) is 5.75 Å². The van der Waals surface area contributed by atoms with Crippen molar-refractivity contribution in [3.05, 3.63) is 54.1 Å². The fourth-order valence-electron chi connectivity index (χ4n) is 1.89. The lowest BCUT2D eigenvalue weighted by molar-refractivity contribution is -0.136. The number of carboxylic acid groups (broad SMARTS) is 1. The maximum absolute atomic E-state index is 10.8. The molecule has 0 spiro atoms. The molecule has 92 valence electrons. The van der Waals surface area contributed by atoms with Crippen molar-refractivity contribution < 1.29 is 14.6 Å². The van der Waals surface area contributed by atoms with Gasteiger partial charge in [0.2, 0.25) is 0 Å². The van der Waals surface area contributed by atoms with Gasteiger partial charge >= 0.3 is 5.97 Å². The van der Waals surface area contributed by atoms with Crippen molar-refractivity contribution in [1.82, 2.24) is 0 Å². The molecule has 2 aromatic rings. The normalized spacial score (nSPS) is 10.1. The van der Waals surface area contributed by atoms with E-state index in [0.717, 1.165) is 11.1 Å². The quantitative estimate of drug-likeness (QED) is 0.896. The summed E-state index contributed by atoms with van der Waals surface area (Å²) in [5, 5.41) is 8.89. The van der Waals surface area contributed by atoms with Crippen molar-refractivity contribution in [3.8, 4) is 16.9 Å². The molecule has 0 bridgehead atoms. The van der Waals surface area contributed by atoms with Gasteiger partial charge in [0, 0.05) is 5.56 Å². The first-order valence-corrected chi connectivity index (χ1v) is 5.65. The predicted octanol–water partition coefficient (Wildman–Crippen LogP) is 2.99. The maximum Gasteiger partial charge on any atom is 0.307 e. The van der Waals surface area contributed by atoms with E-state index >= 15 is 0 Å². The van der Waals surface area contributed by atoms with E-state index in [1.165, 1.54) is 0 Å². The van der Waals surface area contributed by atoms with Gasteiger partial charge < -0.3 is 9.84 Å². The summed E-state index contributed by atoms with van der Waals surface area (Å²) in [6.45, 7) is 0. The Labute approximate surface area is 106 Å². The number of aliphatic carboxylic acids is 1. The van der Waals surface area contributed by atoms with Crippen LogP contribution in [0, 0.1) is 0 Å². The van der Waals surface area contributed by atoms with Gasteiger partial charge in [-0.15, -0.1) is 0 Å². The van der Waals surface area contributed by atoms with Crippen molar-refractivity contribution >= 4 is 5.97 Å². The van der Waals surface area contributed by atoms with Crippen molar-refractivity contribution in [3.63, 3.8) is 0 Å². The van der Waals surface area contributed by atoms with Crippen LogP contribution in [0.1, 0.15) is 5.56 Å². The van der Waals surface area contributed by atoms with Crippen LogP contribution in [0.3, 0.4) is 0 Å². The maximum atomic E-state index is 10.8. The van der Waals surface area contributed by atoms with E-state index < -0.39 is 5.97 Å². The summed E-state index contributed by atoms with van der Waals surface area (Å²) < 4.78 is 5.17. The highest BCUT2D eigenvalue weighted by molar-refractivity contribution is 5.74. The molecule has 0 aliphatic rings. The molecular weight excluding hydrogens is 228 g/mol. The number of ether oxygens (including phenoxy) is 1. The van der Waals surface area contributed by atoms with Gasteiger partial charge in [0.15, 0.2) is 0 Å². The third-order valence-corrected chi connectivity index (χ3v) is 2.73. The smallest absolute Gasteiger partial charge is 0.307 e. The zero-order chi connectivity index (χ0) is 13.0. The van der Waals surface area contributed by atoms with Crippen molar-refractivity contribution in [2.45, 2.75) is 6.42 Å². The molecule has 0 aliphatic carbocycles. The Morgan fingerprint density at radius 3 is 2.44 bits per heavy atom. The summed E-state index contributed by atoms with van der Waals surface area (Å²) in [6.07, 6.45) is -0.0379. The SMILES string of the molecule is COc1ccc(-c2ccccc2)cc1CC(=O)O. The summed E-state index contributed by atoms with van der Waals surface area (Å²) in [4.78, 5) is 10.8. The Balaban J connectivity index is 2.42. The van der Waals surface area contributed by atoms with Crippen LogP contribution in [0.4, 0.5) is 0 Å². The minimum atomic E-state index is -0.862. The minimum Gasteiger partial charge on any atom is -0.496 e. The monoisotopic (exact) mass is 242 g/mol. The first-order valence-electron chi connectivity index (χ1n) is 5.65. The van der Waals surface area contributed by atoms with Gasteiger partial charge in [-0.3, -0.25) is 4.79 Å². The van der Waals surface area contributed by atoms with Crippen LogP contribution in [-0.4, -0.2) is 18.2 Å². The standard InChI is InChI=1S/C15H14O3/c1-18-14-8-7-12(9-13(14)10-15(16)17)11-5-3-2-4-6-11/h2-9H,10H2,1H3,(H,16,17). The van der Waals surface area contributed by atoms with Crippen molar-refractivity contribution in [2.75, 3.05) is 7.11 Å². The van der Waals surface area contributed by atoms with Crippen molar-refractivity contribution in [1.29, 1.82) is 0 Å². The Morgan fingerprint density at radius 1 is 1.11 bits per heavy atom. The molecule has 0 fully saturated rings. The van der Waals surface area contributed by atoms with Gasteiger partial charge in [0.05, 0.1) is 13.5 Å². The minimum absolute atomic E-state index is 0.0379. The summed E-state index contributed by atoms with van der Waals surface area (Å²) in [5.74, 6) is -0.254. The van der Waals surface area contributed by atoms with Crippen LogP contribution in [0.15, 0.2) is 48.5 Å². The van der Waals surface area contributed by atoms with E-state index in [9.17, 15) is 4.79 Å². The summed E-state index contributed by atoms with van der Waals surface area (Å²) >= 11 is 0. The van der Waals surface area contributed by atoms with Gasteiger partial charge in [-0.25, -0.2) is 0 Å². The van der Waals surface area contributed by atoms with Gasteiger partial charge in [-0.2, -0.15) is 0 Å². The van der Waals surface area contributed by atoms with E-state index in [4.69, 9.17) is 9.84 Å². The number of hydrogen-bond acceptors (Lipinski definition) is 2. The van der Waals surface area contributed by atoms with E-state index in [0.29, 0.717) is 11.3 Å². The lowest BCUT2D eigenvalue weighted by atomic mass is 10.0. The predicted molar refractivity (Wildman–Crippen MR) is 69.8 cm³/mol. The fraction of sp³-hybridized carbons (Fsp3) is 0.133. The molecule has 2 rings (SSSR count). The fourth-order valence-corrected chi connectivity index (χ4v) is 1.89. The second kappa shape index (κ2) is 5.36. The summed E-state index contributed by atoms with van der Waals surface area (Å²) in [6, 6.07) is 15.4. The van der Waals surface area contributed by atoms with E-state index in [2.05, 4.69) is 0 Å². The van der Waals surface area contributed by atoms with Gasteiger partial charge in [0.1, 0.15) is 5.75 Å². The Hall–Kier alpha value is -2.29. The number of carbonyl (C=O) groups is 1. The van der Waals surface area contributed by atoms with Crippen LogP contribution in [0.25, 0.3) is 11.1 Å². The average Bonchev–Trinajstić information content (AvgIpc) is 2.39. The van der Waals surface area contributed by atoms with E-state index in [1.54, 1.807) is 13.2 Å². The molecule has 2 aromatic carbocycles. The highest BCUT2D eigenvalue weighted by Crippen LogP contribution is 2.26. The third kappa shape index (κ3) is 2.69. The topological polar surface area (TPSA) is 46.5 Å².